The van der Waals surface area contributed by atoms with Crippen molar-refractivity contribution >= 4 is 17.5 Å². The zero-order valence-electron chi connectivity index (χ0n) is 13.7. The van der Waals surface area contributed by atoms with Crippen LogP contribution >= 0.6 is 11.6 Å². The molecule has 0 saturated carbocycles. The summed E-state index contributed by atoms with van der Waals surface area (Å²) in [5, 5.41) is 0.739. The lowest BCUT2D eigenvalue weighted by atomic mass is 9.90. The fraction of sp³-hybridized carbons (Fsp3) is 0.368. The quantitative estimate of drug-likeness (QED) is 0.836. The molecule has 0 spiro atoms. The molecule has 1 amide bonds. The Morgan fingerprint density at radius 1 is 1.33 bits per heavy atom. The molecular weight excluding hydrogens is 324 g/mol. The first kappa shape index (κ1) is 16.8. The Balaban J connectivity index is 1.73. The summed E-state index contributed by atoms with van der Waals surface area (Å²) in [6, 6.07) is 11.4. The highest BCUT2D eigenvalue weighted by molar-refractivity contribution is 6.30. The molecule has 1 aromatic carbocycles. The topological polar surface area (TPSA) is 42.4 Å². The first-order valence-electron chi connectivity index (χ1n) is 8.31. The van der Waals surface area contributed by atoms with Crippen LogP contribution in [0.3, 0.4) is 0 Å². The average molecular weight is 345 g/mol. The Morgan fingerprint density at radius 3 is 2.88 bits per heavy atom. The lowest BCUT2D eigenvalue weighted by Crippen LogP contribution is -2.39. The molecule has 0 N–H and O–H groups in total. The number of carbonyl (C=O) groups is 1. The highest BCUT2D eigenvalue weighted by atomic mass is 35.5. The number of aromatic nitrogens is 1. The van der Waals surface area contributed by atoms with Crippen molar-refractivity contribution in [2.24, 2.45) is 0 Å². The molecule has 0 radical (unpaired) electrons. The average Bonchev–Trinajstić information content (AvgIpc) is 2.62. The second kappa shape index (κ2) is 7.67. The normalized spacial score (nSPS) is 17.6. The number of benzene rings is 1. The summed E-state index contributed by atoms with van der Waals surface area (Å²) in [5.41, 5.74) is 1.87. The molecule has 24 heavy (non-hydrogen) atoms. The zero-order chi connectivity index (χ0) is 16.9. The molecule has 5 heteroatoms. The zero-order valence-corrected chi connectivity index (χ0v) is 14.5. The van der Waals surface area contributed by atoms with Crippen LogP contribution in [-0.4, -0.2) is 35.5 Å². The maximum absolute atomic E-state index is 12.8. The van der Waals surface area contributed by atoms with Gasteiger partial charge in [-0.25, -0.2) is 4.98 Å². The maximum atomic E-state index is 12.8. The van der Waals surface area contributed by atoms with Crippen LogP contribution in [0.25, 0.3) is 0 Å². The second-order valence-corrected chi connectivity index (χ2v) is 6.39. The van der Waals surface area contributed by atoms with E-state index in [1.165, 1.54) is 5.56 Å². The summed E-state index contributed by atoms with van der Waals surface area (Å²) >= 11 is 5.97. The van der Waals surface area contributed by atoms with E-state index in [9.17, 15) is 4.79 Å². The second-order valence-electron chi connectivity index (χ2n) is 5.96. The first-order valence-corrected chi connectivity index (χ1v) is 8.68. The van der Waals surface area contributed by atoms with Crippen LogP contribution in [0, 0.1) is 0 Å². The highest BCUT2D eigenvalue weighted by Crippen LogP contribution is 2.28. The van der Waals surface area contributed by atoms with Gasteiger partial charge in [0, 0.05) is 41.9 Å². The van der Waals surface area contributed by atoms with Crippen molar-refractivity contribution in [3.63, 3.8) is 0 Å². The minimum atomic E-state index is 0.0389. The molecule has 1 fully saturated rings. The molecule has 0 unspecified atom stereocenters. The number of likely N-dealkylation sites (tertiary alicyclic amines) is 1. The van der Waals surface area contributed by atoms with Crippen molar-refractivity contribution in [1.29, 1.82) is 0 Å². The van der Waals surface area contributed by atoms with E-state index < -0.39 is 0 Å². The first-order chi connectivity index (χ1) is 11.7. The third-order valence-electron chi connectivity index (χ3n) is 4.32. The fourth-order valence-corrected chi connectivity index (χ4v) is 3.25. The third-order valence-corrected chi connectivity index (χ3v) is 4.58. The van der Waals surface area contributed by atoms with Gasteiger partial charge in [-0.1, -0.05) is 23.7 Å². The monoisotopic (exact) mass is 344 g/mol. The number of carbonyl (C=O) groups excluding carboxylic acids is 1. The number of halogens is 1. The Kier molecular flexibility index (Phi) is 5.36. The van der Waals surface area contributed by atoms with Crippen molar-refractivity contribution in [1.82, 2.24) is 9.88 Å². The lowest BCUT2D eigenvalue weighted by molar-refractivity contribution is 0.0706. The van der Waals surface area contributed by atoms with Crippen LogP contribution in [0.4, 0.5) is 0 Å². The minimum absolute atomic E-state index is 0.0389. The standard InChI is InChI=1S/C19H21ClN2O2/c1-2-24-18-12-15(9-10-21-18)19(23)22-11-3-4-16(13-22)14-5-7-17(20)8-6-14/h5-10,12,16H,2-4,11,13H2,1H3/t16-/m0/s1. The maximum Gasteiger partial charge on any atom is 0.254 e. The molecule has 1 aliphatic heterocycles. The van der Waals surface area contributed by atoms with E-state index in [1.54, 1.807) is 18.3 Å². The number of hydrogen-bond donors (Lipinski definition) is 0. The van der Waals surface area contributed by atoms with Gasteiger partial charge >= 0.3 is 0 Å². The van der Waals surface area contributed by atoms with E-state index in [4.69, 9.17) is 16.3 Å². The predicted molar refractivity (Wildman–Crippen MR) is 94.7 cm³/mol. The molecule has 1 aliphatic rings. The Labute approximate surface area is 147 Å². The van der Waals surface area contributed by atoms with Gasteiger partial charge in [-0.15, -0.1) is 0 Å². The summed E-state index contributed by atoms with van der Waals surface area (Å²) in [4.78, 5) is 18.9. The van der Waals surface area contributed by atoms with Gasteiger partial charge < -0.3 is 9.64 Å². The summed E-state index contributed by atoms with van der Waals surface area (Å²) in [5.74, 6) is 0.889. The van der Waals surface area contributed by atoms with Crippen LogP contribution in [0.15, 0.2) is 42.6 Å². The van der Waals surface area contributed by atoms with Crippen molar-refractivity contribution in [2.45, 2.75) is 25.7 Å². The lowest BCUT2D eigenvalue weighted by Gasteiger charge is -2.33. The summed E-state index contributed by atoms with van der Waals surface area (Å²) in [7, 11) is 0. The van der Waals surface area contributed by atoms with Crippen LogP contribution in [0.5, 0.6) is 5.88 Å². The number of amides is 1. The van der Waals surface area contributed by atoms with E-state index >= 15 is 0 Å². The van der Waals surface area contributed by atoms with Gasteiger partial charge in [-0.2, -0.15) is 0 Å². The number of piperidine rings is 1. The Bertz CT molecular complexity index is 703. The van der Waals surface area contributed by atoms with E-state index in [-0.39, 0.29) is 5.91 Å². The summed E-state index contributed by atoms with van der Waals surface area (Å²) < 4.78 is 5.39. The molecule has 2 heterocycles. The Hall–Kier alpha value is -2.07. The van der Waals surface area contributed by atoms with Crippen molar-refractivity contribution < 1.29 is 9.53 Å². The van der Waals surface area contributed by atoms with Gasteiger partial charge in [-0.05, 0) is 43.5 Å². The fourth-order valence-electron chi connectivity index (χ4n) is 3.12. The molecule has 0 aliphatic carbocycles. The van der Waals surface area contributed by atoms with E-state index in [1.807, 2.05) is 24.0 Å². The van der Waals surface area contributed by atoms with Gasteiger partial charge in [0.05, 0.1) is 6.61 Å². The van der Waals surface area contributed by atoms with Gasteiger partial charge in [0.1, 0.15) is 0 Å². The number of hydrogen-bond acceptors (Lipinski definition) is 3. The van der Waals surface area contributed by atoms with Crippen molar-refractivity contribution in [3.05, 3.63) is 58.7 Å². The number of rotatable bonds is 4. The highest BCUT2D eigenvalue weighted by Gasteiger charge is 2.25. The molecule has 0 bridgehead atoms. The van der Waals surface area contributed by atoms with Crippen LogP contribution in [0.2, 0.25) is 5.02 Å². The molecule has 126 valence electrons. The van der Waals surface area contributed by atoms with E-state index in [2.05, 4.69) is 17.1 Å². The number of ether oxygens (including phenoxy) is 1. The summed E-state index contributed by atoms with van der Waals surface area (Å²) in [6.07, 6.45) is 3.72. The molecule has 3 rings (SSSR count). The van der Waals surface area contributed by atoms with E-state index in [0.717, 1.165) is 31.0 Å². The molecule has 4 nitrogen and oxygen atoms in total. The van der Waals surface area contributed by atoms with Gasteiger partial charge in [0.15, 0.2) is 0 Å². The largest absolute Gasteiger partial charge is 0.478 e. The van der Waals surface area contributed by atoms with E-state index in [0.29, 0.717) is 24.0 Å². The van der Waals surface area contributed by atoms with Gasteiger partial charge in [0.25, 0.3) is 5.91 Å². The Morgan fingerprint density at radius 2 is 2.12 bits per heavy atom. The van der Waals surface area contributed by atoms with Gasteiger partial charge in [-0.3, -0.25) is 4.79 Å². The molecular formula is C19H21ClN2O2. The predicted octanol–water partition coefficient (Wildman–Crippen LogP) is 4.15. The van der Waals surface area contributed by atoms with Crippen LogP contribution in [-0.2, 0) is 0 Å². The molecule has 1 atom stereocenters. The van der Waals surface area contributed by atoms with Crippen LogP contribution < -0.4 is 4.74 Å². The molecule has 1 saturated heterocycles. The number of pyridine rings is 1. The SMILES string of the molecule is CCOc1cc(C(=O)N2CCC[C@H](c3ccc(Cl)cc3)C2)ccn1. The van der Waals surface area contributed by atoms with Crippen molar-refractivity contribution in [3.8, 4) is 5.88 Å². The molecule has 2 aromatic rings. The van der Waals surface area contributed by atoms with Crippen molar-refractivity contribution in [2.75, 3.05) is 19.7 Å². The number of nitrogens with zero attached hydrogens (tertiary/aromatic N) is 2. The van der Waals surface area contributed by atoms with Gasteiger partial charge in [0.2, 0.25) is 5.88 Å². The summed E-state index contributed by atoms with van der Waals surface area (Å²) in [6.45, 7) is 3.95. The molecule has 1 aromatic heterocycles. The third kappa shape index (κ3) is 3.88. The van der Waals surface area contributed by atoms with Crippen LogP contribution in [0.1, 0.15) is 41.6 Å². The minimum Gasteiger partial charge on any atom is -0.478 e. The smallest absolute Gasteiger partial charge is 0.254 e.